The monoisotopic (exact) mass is 525 g/mol. The molecule has 4 atom stereocenters. The number of ether oxygens (including phenoxy) is 1. The zero-order valence-electron chi connectivity index (χ0n) is 23.8. The molecule has 0 spiro atoms. The molecule has 0 amide bonds. The van der Waals surface area contributed by atoms with Crippen LogP contribution in [-0.4, -0.2) is 33.7 Å². The predicted molar refractivity (Wildman–Crippen MR) is 157 cm³/mol. The van der Waals surface area contributed by atoms with E-state index in [2.05, 4.69) is 72.7 Å². The van der Waals surface area contributed by atoms with Gasteiger partial charge < -0.3 is 14.2 Å². The van der Waals surface area contributed by atoms with Crippen molar-refractivity contribution in [2.24, 2.45) is 23.7 Å². The van der Waals surface area contributed by atoms with Gasteiger partial charge >= 0.3 is 5.97 Å². The van der Waals surface area contributed by atoms with Gasteiger partial charge in [0.05, 0.1) is 11.0 Å². The number of para-hydroxylation sites is 2. The molecular weight excluding hydrogens is 482 g/mol. The summed E-state index contributed by atoms with van der Waals surface area (Å²) in [6.07, 6.45) is 10.8. The zero-order chi connectivity index (χ0) is 26.7. The van der Waals surface area contributed by atoms with Crippen molar-refractivity contribution >= 4 is 22.7 Å². The number of anilines is 1. The number of nitrogens with zero attached hydrogens (tertiary/aromatic N) is 3. The summed E-state index contributed by atoms with van der Waals surface area (Å²) in [7, 11) is 0. The molecule has 0 saturated heterocycles. The molecule has 5 nitrogen and oxygen atoms in total. The molecule has 4 aliphatic rings. The maximum atomic E-state index is 14.1. The molecule has 7 rings (SSSR count). The summed E-state index contributed by atoms with van der Waals surface area (Å²) in [6, 6.07) is 18.4. The summed E-state index contributed by atoms with van der Waals surface area (Å²) < 4.78 is 8.71. The van der Waals surface area contributed by atoms with E-state index in [1.807, 2.05) is 6.07 Å². The van der Waals surface area contributed by atoms with Crippen molar-refractivity contribution < 1.29 is 9.53 Å². The third-order valence-corrected chi connectivity index (χ3v) is 9.72. The summed E-state index contributed by atoms with van der Waals surface area (Å²) in [4.78, 5) is 21.9. The number of hydrogen-bond acceptors (Lipinski definition) is 4. The van der Waals surface area contributed by atoms with Crippen LogP contribution in [0.25, 0.3) is 22.4 Å². The van der Waals surface area contributed by atoms with Gasteiger partial charge in [-0.2, -0.15) is 0 Å². The molecule has 0 bridgehead atoms. The quantitative estimate of drug-likeness (QED) is 0.268. The Morgan fingerprint density at radius 2 is 1.62 bits per heavy atom. The predicted octanol–water partition coefficient (Wildman–Crippen LogP) is 7.79. The van der Waals surface area contributed by atoms with Crippen LogP contribution in [0.15, 0.2) is 48.5 Å². The molecule has 4 aliphatic carbocycles. The van der Waals surface area contributed by atoms with Crippen molar-refractivity contribution in [2.45, 2.75) is 103 Å². The fourth-order valence-corrected chi connectivity index (χ4v) is 7.13. The summed E-state index contributed by atoms with van der Waals surface area (Å²) in [5, 5.41) is 0. The first kappa shape index (κ1) is 25.2. The van der Waals surface area contributed by atoms with Crippen LogP contribution in [0, 0.1) is 23.7 Å². The second-order valence-corrected chi connectivity index (χ2v) is 13.3. The zero-order valence-corrected chi connectivity index (χ0v) is 23.8. The number of imidazole rings is 1. The number of aromatic nitrogens is 2. The second kappa shape index (κ2) is 9.98. The first-order valence-electron chi connectivity index (χ1n) is 15.5. The average Bonchev–Trinajstić information content (AvgIpc) is 3.77. The summed E-state index contributed by atoms with van der Waals surface area (Å²) in [5.74, 6) is 2.70. The van der Waals surface area contributed by atoms with Crippen LogP contribution < -0.4 is 4.90 Å². The topological polar surface area (TPSA) is 47.4 Å². The number of carbonyl (C=O) groups excluding carboxylic acids is 1. The maximum absolute atomic E-state index is 14.1. The van der Waals surface area contributed by atoms with Crippen LogP contribution >= 0.6 is 0 Å². The van der Waals surface area contributed by atoms with E-state index in [1.54, 1.807) is 0 Å². The normalized spacial score (nSPS) is 26.1. The highest BCUT2D eigenvalue weighted by molar-refractivity contribution is 5.85. The van der Waals surface area contributed by atoms with E-state index in [9.17, 15) is 4.79 Å². The molecule has 206 valence electrons. The van der Waals surface area contributed by atoms with Gasteiger partial charge in [0.1, 0.15) is 18.0 Å². The Hall–Kier alpha value is -2.82. The third kappa shape index (κ3) is 4.98. The lowest BCUT2D eigenvalue weighted by atomic mass is 9.75. The van der Waals surface area contributed by atoms with Crippen LogP contribution in [0.1, 0.15) is 84.6 Å². The molecule has 0 N–H and O–H groups in total. The van der Waals surface area contributed by atoms with Crippen LogP contribution in [0.2, 0.25) is 0 Å². The molecule has 0 aliphatic heterocycles. The Labute approximate surface area is 232 Å². The van der Waals surface area contributed by atoms with Crippen LogP contribution in [0.3, 0.4) is 0 Å². The Bertz CT molecular complexity index is 1320. The number of esters is 1. The van der Waals surface area contributed by atoms with E-state index in [-0.39, 0.29) is 18.1 Å². The van der Waals surface area contributed by atoms with Gasteiger partial charge in [0.25, 0.3) is 0 Å². The smallest absolute Gasteiger partial charge is 0.329 e. The van der Waals surface area contributed by atoms with Crippen molar-refractivity contribution in [3.8, 4) is 11.4 Å². The van der Waals surface area contributed by atoms with Crippen molar-refractivity contribution in [2.75, 3.05) is 4.90 Å². The maximum Gasteiger partial charge on any atom is 0.329 e. The van der Waals surface area contributed by atoms with Crippen molar-refractivity contribution in [1.29, 1.82) is 0 Å². The Morgan fingerprint density at radius 3 is 2.26 bits per heavy atom. The van der Waals surface area contributed by atoms with Crippen molar-refractivity contribution in [1.82, 2.24) is 9.55 Å². The van der Waals surface area contributed by atoms with E-state index in [1.165, 1.54) is 37.8 Å². The summed E-state index contributed by atoms with van der Waals surface area (Å²) in [6.45, 7) is 6.85. The third-order valence-electron chi connectivity index (χ3n) is 9.72. The van der Waals surface area contributed by atoms with Crippen molar-refractivity contribution in [3.63, 3.8) is 0 Å². The van der Waals surface area contributed by atoms with Gasteiger partial charge in [-0.1, -0.05) is 39.3 Å². The molecule has 0 radical (unpaired) electrons. The summed E-state index contributed by atoms with van der Waals surface area (Å²) >= 11 is 0. The number of benzene rings is 2. The number of hydrogen-bond donors (Lipinski definition) is 0. The second-order valence-electron chi connectivity index (χ2n) is 13.3. The van der Waals surface area contributed by atoms with E-state index >= 15 is 0 Å². The van der Waals surface area contributed by atoms with E-state index in [4.69, 9.17) is 9.72 Å². The average molecular weight is 526 g/mol. The Kier molecular flexibility index (Phi) is 6.44. The lowest BCUT2D eigenvalue weighted by Crippen LogP contribution is -2.38. The lowest BCUT2D eigenvalue weighted by molar-refractivity contribution is -0.160. The molecular formula is C34H43N3O2. The Morgan fingerprint density at radius 1 is 0.923 bits per heavy atom. The minimum absolute atomic E-state index is 0.0100. The highest BCUT2D eigenvalue weighted by Crippen LogP contribution is 2.46. The lowest BCUT2D eigenvalue weighted by Gasteiger charge is -2.37. The molecule has 5 heteroatoms. The van der Waals surface area contributed by atoms with Gasteiger partial charge in [-0.15, -0.1) is 0 Å². The minimum Gasteiger partial charge on any atom is -0.461 e. The number of rotatable bonds is 9. The van der Waals surface area contributed by atoms with Crippen LogP contribution in [-0.2, 0) is 9.53 Å². The fourth-order valence-electron chi connectivity index (χ4n) is 7.13. The fraction of sp³-hybridized carbons (Fsp3) is 0.588. The molecule has 3 aromatic rings. The van der Waals surface area contributed by atoms with Crippen LogP contribution in [0.4, 0.5) is 5.69 Å². The van der Waals surface area contributed by atoms with E-state index in [0.29, 0.717) is 23.7 Å². The van der Waals surface area contributed by atoms with Gasteiger partial charge in [-0.05, 0) is 111 Å². The van der Waals surface area contributed by atoms with Gasteiger partial charge in [-0.25, -0.2) is 9.78 Å². The van der Waals surface area contributed by atoms with Gasteiger partial charge in [0.2, 0.25) is 0 Å². The molecule has 1 heterocycles. The molecule has 1 aromatic heterocycles. The molecule has 4 fully saturated rings. The molecule has 4 saturated carbocycles. The van der Waals surface area contributed by atoms with Gasteiger partial charge in [-0.3, -0.25) is 0 Å². The molecule has 2 aromatic carbocycles. The molecule has 3 unspecified atom stereocenters. The van der Waals surface area contributed by atoms with E-state index in [0.717, 1.165) is 60.2 Å². The van der Waals surface area contributed by atoms with Gasteiger partial charge in [0.15, 0.2) is 0 Å². The minimum atomic E-state index is -0.327. The first-order chi connectivity index (χ1) is 19.0. The first-order valence-corrected chi connectivity index (χ1v) is 15.5. The number of fused-ring (bicyclic) bond motifs is 1. The largest absolute Gasteiger partial charge is 0.461 e. The van der Waals surface area contributed by atoms with Crippen LogP contribution in [0.5, 0.6) is 0 Å². The SMILES string of the molecule is CC1CCC(C(C)C)[C@H](OC(=O)C(C2CC2)n2c(-c3ccc(N(C4CC4)C4CC4)cc3)nc3ccccc32)C1. The van der Waals surface area contributed by atoms with Gasteiger partial charge in [0, 0.05) is 23.3 Å². The standard InChI is InChI=1S/C34H43N3O2/c1-21(2)28-19-8-22(3)20-31(28)39-34(38)32(23-9-10-23)37-30-7-5-4-6-29(30)35-33(37)24-11-13-25(14-12-24)36(26-15-16-26)27-17-18-27/h4-7,11-14,21-23,26-28,31-32H,8-10,15-20H2,1-3H3/t22?,28?,31-,32?/m1/s1. The number of carbonyl (C=O) groups is 1. The highest BCUT2D eigenvalue weighted by atomic mass is 16.5. The van der Waals surface area contributed by atoms with Crippen molar-refractivity contribution in [3.05, 3.63) is 48.5 Å². The molecule has 39 heavy (non-hydrogen) atoms. The summed E-state index contributed by atoms with van der Waals surface area (Å²) in [5.41, 5.74) is 4.38. The highest BCUT2D eigenvalue weighted by Gasteiger charge is 2.43. The Balaban J connectivity index is 1.24. The van der Waals surface area contributed by atoms with E-state index < -0.39 is 0 Å².